The number of hydrogen-bond donors (Lipinski definition) is 3. The van der Waals surface area contributed by atoms with Crippen LogP contribution in [0.5, 0.6) is 5.75 Å². The first-order valence-corrected chi connectivity index (χ1v) is 12.9. The number of hydrogen-bond acceptors (Lipinski definition) is 7. The van der Waals surface area contributed by atoms with E-state index in [4.69, 9.17) is 49.0 Å². The average Bonchev–Trinajstić information content (AvgIpc) is 2.80. The Morgan fingerprint density at radius 1 is 1.11 bits per heavy atom. The van der Waals surface area contributed by atoms with Gasteiger partial charge in [-0.15, -0.1) is 0 Å². The highest BCUT2D eigenvalue weighted by Crippen LogP contribution is 2.26. The molecule has 0 heterocycles. The van der Waals surface area contributed by atoms with E-state index in [-0.39, 0.29) is 19.6 Å². The second kappa shape index (κ2) is 15.7. The molecule has 0 aromatic heterocycles. The summed E-state index contributed by atoms with van der Waals surface area (Å²) in [6.45, 7) is 5.95. The highest BCUT2D eigenvalue weighted by Gasteiger charge is 2.22. The third-order valence-electron chi connectivity index (χ3n) is 4.53. The van der Waals surface area contributed by atoms with Gasteiger partial charge in [-0.25, -0.2) is 4.79 Å². The maximum atomic E-state index is 12.7. The largest absolute Gasteiger partial charge is 0.497 e. The van der Waals surface area contributed by atoms with Gasteiger partial charge in [-0.05, 0) is 58.2 Å². The fourth-order valence-corrected chi connectivity index (χ4v) is 2.95. The number of rotatable bonds is 12. The lowest BCUT2D eigenvalue weighted by Gasteiger charge is -2.20. The van der Waals surface area contributed by atoms with Gasteiger partial charge in [-0.2, -0.15) is 0 Å². The summed E-state index contributed by atoms with van der Waals surface area (Å²) in [5, 5.41) is 7.62. The highest BCUT2D eigenvalue weighted by atomic mass is 35.6. The number of nitrogens with one attached hydrogen (secondary N) is 3. The van der Waals surface area contributed by atoms with E-state index in [2.05, 4.69) is 16.0 Å². The number of methoxy groups -OCH3 is 1. The van der Waals surface area contributed by atoms with Crippen LogP contribution in [0.3, 0.4) is 0 Å². The lowest BCUT2D eigenvalue weighted by atomic mass is 10.1. The van der Waals surface area contributed by atoms with Crippen LogP contribution in [-0.2, 0) is 23.9 Å². The van der Waals surface area contributed by atoms with Crippen molar-refractivity contribution in [2.45, 2.75) is 62.4 Å². The van der Waals surface area contributed by atoms with Gasteiger partial charge < -0.3 is 30.2 Å². The zero-order valence-electron chi connectivity index (χ0n) is 22.0. The van der Waals surface area contributed by atoms with Gasteiger partial charge in [0.2, 0.25) is 15.6 Å². The molecule has 0 unspecified atom stereocenters. The Bertz CT molecular complexity index is 1000. The monoisotopic (exact) mass is 593 g/mol. The van der Waals surface area contributed by atoms with Gasteiger partial charge in [0.1, 0.15) is 30.5 Å². The molecule has 0 saturated heterocycles. The van der Waals surface area contributed by atoms with Crippen LogP contribution >= 0.6 is 34.8 Å². The van der Waals surface area contributed by atoms with E-state index >= 15 is 0 Å². The molecule has 0 fully saturated rings. The normalized spacial score (nSPS) is 12.4. The number of carbonyl (C=O) groups is 4. The van der Waals surface area contributed by atoms with E-state index in [0.717, 1.165) is 0 Å². The van der Waals surface area contributed by atoms with Crippen LogP contribution in [0.1, 0.15) is 52.5 Å². The molecule has 0 aliphatic heterocycles. The van der Waals surface area contributed by atoms with Crippen LogP contribution in [0.15, 0.2) is 24.3 Å². The van der Waals surface area contributed by atoms with Gasteiger partial charge in [-0.3, -0.25) is 14.4 Å². The second-order valence-corrected chi connectivity index (χ2v) is 11.7. The predicted octanol–water partition coefficient (Wildman–Crippen LogP) is 4.76. The second-order valence-electron chi connectivity index (χ2n) is 9.16. The molecule has 0 saturated carbocycles. The Labute approximate surface area is 237 Å². The number of amides is 3. The molecule has 10 nitrogen and oxygen atoms in total. The van der Waals surface area contributed by atoms with Crippen molar-refractivity contribution in [2.24, 2.45) is 0 Å². The maximum Gasteiger partial charge on any atom is 0.408 e. The van der Waals surface area contributed by atoms with Crippen molar-refractivity contribution in [3.8, 4) is 5.75 Å². The topological polar surface area (TPSA) is 132 Å². The molecule has 13 heteroatoms. The molecule has 0 spiro atoms. The van der Waals surface area contributed by atoms with Gasteiger partial charge >= 0.3 is 12.1 Å². The molecular weight excluding hydrogens is 561 g/mol. The molecule has 3 N–H and O–H groups in total. The van der Waals surface area contributed by atoms with Crippen molar-refractivity contribution in [1.29, 1.82) is 0 Å². The van der Waals surface area contributed by atoms with Crippen LogP contribution in [0.25, 0.3) is 6.08 Å². The fourth-order valence-electron chi connectivity index (χ4n) is 2.79. The first kappa shape index (κ1) is 33.3. The lowest BCUT2D eigenvalue weighted by molar-refractivity contribution is -0.143. The van der Waals surface area contributed by atoms with Gasteiger partial charge in [-0.1, -0.05) is 47.0 Å². The van der Waals surface area contributed by atoms with Gasteiger partial charge in [0.15, 0.2) is 0 Å². The van der Waals surface area contributed by atoms with Crippen LogP contribution < -0.4 is 20.7 Å². The number of ether oxygens (including phenoxy) is 3. The Kier molecular flexibility index (Phi) is 13.7. The highest BCUT2D eigenvalue weighted by molar-refractivity contribution is 6.67. The van der Waals surface area contributed by atoms with Gasteiger partial charge in [0.05, 0.1) is 12.8 Å². The van der Waals surface area contributed by atoms with Crippen LogP contribution in [-0.4, -0.2) is 59.6 Å². The summed E-state index contributed by atoms with van der Waals surface area (Å²) in [4.78, 5) is 48.3. The third kappa shape index (κ3) is 14.9. The van der Waals surface area contributed by atoms with Gasteiger partial charge in [0.25, 0.3) is 0 Å². The SMILES string of the molecule is COc1ccc(C=CCCCC(=O)OCC(Cl)(Cl)Cl)c(NC(=O)[C@@H](C)NC(=O)CNC(=O)OC(C)(C)C)c1. The molecule has 0 bridgehead atoms. The van der Waals surface area contributed by atoms with Crippen molar-refractivity contribution >= 4 is 70.4 Å². The number of unbranched alkanes of at least 4 members (excludes halogenated alkanes) is 1. The van der Waals surface area contributed by atoms with Crippen molar-refractivity contribution in [3.05, 3.63) is 29.8 Å². The number of anilines is 1. The molecule has 0 radical (unpaired) electrons. The first-order chi connectivity index (χ1) is 17.6. The molecule has 1 rings (SSSR count). The quantitative estimate of drug-likeness (QED) is 0.181. The van der Waals surface area contributed by atoms with Gasteiger partial charge in [0, 0.05) is 12.5 Å². The number of carbonyl (C=O) groups excluding carboxylic acids is 4. The summed E-state index contributed by atoms with van der Waals surface area (Å²) >= 11 is 16.7. The van der Waals surface area contributed by atoms with Crippen molar-refractivity contribution < 1.29 is 33.4 Å². The minimum atomic E-state index is -1.65. The third-order valence-corrected chi connectivity index (χ3v) is 4.85. The zero-order chi connectivity index (χ0) is 28.9. The summed E-state index contributed by atoms with van der Waals surface area (Å²) < 4.78 is 13.5. The van der Waals surface area contributed by atoms with E-state index in [9.17, 15) is 19.2 Å². The van der Waals surface area contributed by atoms with Crippen LogP contribution in [0, 0.1) is 0 Å². The number of alkyl halides is 3. The summed E-state index contributed by atoms with van der Waals surface area (Å²) in [6.07, 6.45) is 4.10. The maximum absolute atomic E-state index is 12.7. The predicted molar refractivity (Wildman–Crippen MR) is 148 cm³/mol. The Morgan fingerprint density at radius 3 is 2.39 bits per heavy atom. The van der Waals surface area contributed by atoms with E-state index < -0.39 is 39.3 Å². The minimum Gasteiger partial charge on any atom is -0.497 e. The molecule has 0 aliphatic carbocycles. The Hall–Kier alpha value is -2.69. The Balaban J connectivity index is 2.66. The van der Waals surface area contributed by atoms with Crippen molar-refractivity contribution in [3.63, 3.8) is 0 Å². The number of esters is 1. The van der Waals surface area contributed by atoms with Crippen LogP contribution in [0.4, 0.5) is 10.5 Å². The van der Waals surface area contributed by atoms with E-state index in [0.29, 0.717) is 29.8 Å². The van der Waals surface area contributed by atoms with E-state index in [1.165, 1.54) is 14.0 Å². The number of benzene rings is 1. The van der Waals surface area contributed by atoms with Crippen LogP contribution in [0.2, 0.25) is 0 Å². The fraction of sp³-hybridized carbons (Fsp3) is 0.520. The average molecular weight is 595 g/mol. The standard InChI is InChI=1S/C25H34Cl3N3O7/c1-16(30-20(32)14-29-23(35)38-24(2,3)4)22(34)31-19-13-18(36-5)12-11-17(19)9-7-6-8-10-21(33)37-15-25(26,27)28/h7,9,11-13,16H,6,8,10,14-15H2,1-5H3,(H,29,35)(H,30,32)(H,31,34)/t16-/m1/s1. The Morgan fingerprint density at radius 2 is 1.79 bits per heavy atom. The smallest absolute Gasteiger partial charge is 0.408 e. The van der Waals surface area contributed by atoms with E-state index in [1.54, 1.807) is 45.0 Å². The number of alkyl carbamates (subject to hydrolysis) is 1. The molecule has 1 aromatic carbocycles. The molecule has 1 aromatic rings. The molecule has 1 atom stereocenters. The minimum absolute atomic E-state index is 0.150. The molecule has 3 amide bonds. The number of halogens is 3. The van der Waals surface area contributed by atoms with E-state index in [1.807, 2.05) is 6.08 Å². The zero-order valence-corrected chi connectivity index (χ0v) is 24.3. The first-order valence-electron chi connectivity index (χ1n) is 11.7. The van der Waals surface area contributed by atoms with Crippen molar-refractivity contribution in [2.75, 3.05) is 25.6 Å². The number of allylic oxidation sites excluding steroid dienone is 1. The molecular formula is C25H34Cl3N3O7. The summed E-state index contributed by atoms with van der Waals surface area (Å²) in [5.41, 5.74) is 0.443. The summed E-state index contributed by atoms with van der Waals surface area (Å²) in [7, 11) is 1.50. The molecule has 212 valence electrons. The molecule has 38 heavy (non-hydrogen) atoms. The lowest BCUT2D eigenvalue weighted by Crippen LogP contribution is -2.46. The van der Waals surface area contributed by atoms with Crippen molar-refractivity contribution in [1.82, 2.24) is 10.6 Å². The molecule has 0 aliphatic rings. The summed E-state index contributed by atoms with van der Waals surface area (Å²) in [6, 6.07) is 4.24. The summed E-state index contributed by atoms with van der Waals surface area (Å²) in [5.74, 6) is -0.987.